The summed E-state index contributed by atoms with van der Waals surface area (Å²) in [4.78, 5) is 38.3. The van der Waals surface area contributed by atoms with Crippen LogP contribution in [0.1, 0.15) is 335 Å². The van der Waals surface area contributed by atoms with E-state index in [-0.39, 0.29) is 31.1 Å². The summed E-state index contributed by atoms with van der Waals surface area (Å²) in [5.74, 6) is -0.873. The third kappa shape index (κ3) is 60.0. The minimum absolute atomic E-state index is 0.0767. The molecule has 0 N–H and O–H groups in total. The van der Waals surface area contributed by atoms with Crippen LogP contribution in [0.2, 0.25) is 0 Å². The highest BCUT2D eigenvalue weighted by Gasteiger charge is 2.19. The van der Waals surface area contributed by atoms with Crippen LogP contribution in [0, 0.1) is 0 Å². The van der Waals surface area contributed by atoms with E-state index in [1.54, 1.807) is 0 Å². The predicted molar refractivity (Wildman–Crippen MR) is 321 cm³/mol. The number of hydrogen-bond donors (Lipinski definition) is 0. The molecule has 0 amide bonds. The van der Waals surface area contributed by atoms with Crippen molar-refractivity contribution in [2.45, 2.75) is 341 Å². The number of unbranched alkanes of at least 4 members (excludes halogenated alkanes) is 38. The molecule has 0 bridgehead atoms. The van der Waals surface area contributed by atoms with Gasteiger partial charge < -0.3 is 14.2 Å². The molecule has 0 aromatic rings. The highest BCUT2D eigenvalue weighted by molar-refractivity contribution is 5.71. The van der Waals surface area contributed by atoms with Crippen molar-refractivity contribution in [2.24, 2.45) is 0 Å². The topological polar surface area (TPSA) is 78.9 Å². The lowest BCUT2D eigenvalue weighted by Crippen LogP contribution is -2.30. The van der Waals surface area contributed by atoms with Gasteiger partial charge in [0.25, 0.3) is 0 Å². The Balaban J connectivity index is 4.35. The number of rotatable bonds is 59. The third-order valence-electron chi connectivity index (χ3n) is 14.2. The molecule has 6 nitrogen and oxygen atoms in total. The summed E-state index contributed by atoms with van der Waals surface area (Å²) in [5.41, 5.74) is 0. The molecule has 0 aliphatic carbocycles. The van der Waals surface area contributed by atoms with Gasteiger partial charge in [0, 0.05) is 19.3 Å². The molecule has 0 rings (SSSR count). The van der Waals surface area contributed by atoms with Crippen molar-refractivity contribution in [3.63, 3.8) is 0 Å². The molecular formula is C68H122O6. The Morgan fingerprint density at radius 1 is 0.270 bits per heavy atom. The highest BCUT2D eigenvalue weighted by Crippen LogP contribution is 2.17. The van der Waals surface area contributed by atoms with Gasteiger partial charge in [-0.1, -0.05) is 287 Å². The number of carbonyl (C=O) groups excluding carboxylic acids is 3. The Kier molecular flexibility index (Phi) is 60.2. The monoisotopic (exact) mass is 1030 g/mol. The minimum Gasteiger partial charge on any atom is -0.462 e. The first-order valence-electron chi connectivity index (χ1n) is 32.3. The maximum absolute atomic E-state index is 12.9. The molecule has 0 saturated carbocycles. The average molecular weight is 1040 g/mol. The summed E-state index contributed by atoms with van der Waals surface area (Å²) in [5, 5.41) is 0. The van der Waals surface area contributed by atoms with Gasteiger partial charge in [-0.05, 0) is 89.9 Å². The highest BCUT2D eigenvalue weighted by atomic mass is 16.6. The van der Waals surface area contributed by atoms with Crippen LogP contribution in [-0.4, -0.2) is 37.2 Å². The van der Waals surface area contributed by atoms with Crippen molar-refractivity contribution in [1.82, 2.24) is 0 Å². The number of hydrogen-bond acceptors (Lipinski definition) is 6. The normalized spacial score (nSPS) is 12.4. The second-order valence-electron chi connectivity index (χ2n) is 21.7. The Morgan fingerprint density at radius 2 is 0.486 bits per heavy atom. The average Bonchev–Trinajstić information content (AvgIpc) is 3.40. The van der Waals surface area contributed by atoms with Gasteiger partial charge in [0.05, 0.1) is 0 Å². The molecule has 0 heterocycles. The van der Waals surface area contributed by atoms with E-state index < -0.39 is 6.10 Å². The molecule has 0 radical (unpaired) electrons. The number of ether oxygens (including phenoxy) is 3. The molecule has 1 atom stereocenters. The lowest BCUT2D eigenvalue weighted by Gasteiger charge is -2.18. The van der Waals surface area contributed by atoms with Crippen LogP contribution in [0.3, 0.4) is 0 Å². The summed E-state index contributed by atoms with van der Waals surface area (Å²) in [6.07, 6.45) is 79.3. The van der Waals surface area contributed by atoms with Crippen molar-refractivity contribution < 1.29 is 28.6 Å². The summed E-state index contributed by atoms with van der Waals surface area (Å²) in [6.45, 7) is 6.64. The second-order valence-corrected chi connectivity index (χ2v) is 21.7. The maximum Gasteiger partial charge on any atom is 0.306 e. The first kappa shape index (κ1) is 71.1. The largest absolute Gasteiger partial charge is 0.462 e. The molecule has 1 unspecified atom stereocenters. The van der Waals surface area contributed by atoms with Crippen LogP contribution in [-0.2, 0) is 28.6 Å². The van der Waals surface area contributed by atoms with Gasteiger partial charge in [-0.25, -0.2) is 0 Å². The third-order valence-corrected chi connectivity index (χ3v) is 14.2. The molecule has 6 heteroatoms. The Morgan fingerprint density at radius 3 is 0.784 bits per heavy atom. The molecule has 0 aliphatic rings. The smallest absolute Gasteiger partial charge is 0.306 e. The Labute approximate surface area is 460 Å². The molecule has 74 heavy (non-hydrogen) atoms. The Bertz CT molecular complexity index is 1330. The van der Waals surface area contributed by atoms with E-state index in [2.05, 4.69) is 81.5 Å². The fraction of sp³-hybridized carbons (Fsp3) is 0.809. The van der Waals surface area contributed by atoms with E-state index >= 15 is 0 Å². The first-order valence-corrected chi connectivity index (χ1v) is 32.3. The lowest BCUT2D eigenvalue weighted by atomic mass is 10.0. The van der Waals surface area contributed by atoms with Crippen LogP contribution in [0.4, 0.5) is 0 Å². The van der Waals surface area contributed by atoms with Crippen molar-refractivity contribution in [1.29, 1.82) is 0 Å². The SMILES string of the molecule is CCCCC/C=C\C/C=C\CCCCCCCCCC(=O)OC(COC(=O)CCCCCCCCCC/C=C\C/C=C\C/C=C\CCCCCCC)COC(=O)CCCCCCCCCCCCCCCCCC. The zero-order chi connectivity index (χ0) is 53.6. The van der Waals surface area contributed by atoms with Crippen molar-refractivity contribution >= 4 is 17.9 Å². The zero-order valence-electron chi connectivity index (χ0n) is 49.4. The van der Waals surface area contributed by atoms with Crippen LogP contribution in [0.25, 0.3) is 0 Å². The minimum atomic E-state index is -0.781. The van der Waals surface area contributed by atoms with Crippen LogP contribution < -0.4 is 0 Å². The molecular weight excluding hydrogens is 913 g/mol. The quantitative estimate of drug-likeness (QED) is 0.0261. The van der Waals surface area contributed by atoms with Gasteiger partial charge in [0.15, 0.2) is 6.10 Å². The van der Waals surface area contributed by atoms with Crippen LogP contribution in [0.15, 0.2) is 60.8 Å². The van der Waals surface area contributed by atoms with Crippen LogP contribution >= 0.6 is 0 Å². The van der Waals surface area contributed by atoms with E-state index in [1.165, 1.54) is 205 Å². The maximum atomic E-state index is 12.9. The summed E-state index contributed by atoms with van der Waals surface area (Å²) in [6, 6.07) is 0. The standard InChI is InChI=1S/C68H122O6/c1-4-7-10-13-16-19-22-25-28-31-32-33-34-35-36-38-40-43-46-49-52-55-58-61-67(70)73-64-65(63-72-66(69)60-57-54-51-48-45-42-39-30-27-24-21-18-15-12-9-6-3)74-68(71)62-59-56-53-50-47-44-41-37-29-26-23-20-17-14-11-8-5-2/h17,20,22,25-26,29,31-32,34-35,65H,4-16,18-19,21,23-24,27-28,30,33,36-64H2,1-3H3/b20-17-,25-22-,29-26-,32-31-,35-34-. The van der Waals surface area contributed by atoms with Crippen molar-refractivity contribution in [3.05, 3.63) is 60.8 Å². The number of allylic oxidation sites excluding steroid dienone is 10. The summed E-state index contributed by atoms with van der Waals surface area (Å²) >= 11 is 0. The predicted octanol–water partition coefficient (Wildman–Crippen LogP) is 21.9. The lowest BCUT2D eigenvalue weighted by molar-refractivity contribution is -0.167. The van der Waals surface area contributed by atoms with Gasteiger partial charge in [0.2, 0.25) is 0 Å². The molecule has 430 valence electrons. The Hall–Kier alpha value is -2.89. The first-order chi connectivity index (χ1) is 36.5. The van der Waals surface area contributed by atoms with Gasteiger partial charge >= 0.3 is 17.9 Å². The molecule has 0 aromatic heterocycles. The molecule has 0 saturated heterocycles. The van der Waals surface area contributed by atoms with Gasteiger partial charge in [-0.3, -0.25) is 14.4 Å². The van der Waals surface area contributed by atoms with E-state index in [9.17, 15) is 14.4 Å². The van der Waals surface area contributed by atoms with Crippen LogP contribution in [0.5, 0.6) is 0 Å². The van der Waals surface area contributed by atoms with Crippen molar-refractivity contribution in [2.75, 3.05) is 13.2 Å². The molecule has 0 aliphatic heterocycles. The molecule has 0 spiro atoms. The van der Waals surface area contributed by atoms with E-state index in [0.29, 0.717) is 19.3 Å². The number of carbonyl (C=O) groups is 3. The number of esters is 3. The van der Waals surface area contributed by atoms with E-state index in [1.807, 2.05) is 0 Å². The summed E-state index contributed by atoms with van der Waals surface area (Å²) in [7, 11) is 0. The van der Waals surface area contributed by atoms with E-state index in [0.717, 1.165) is 89.9 Å². The molecule has 0 aromatic carbocycles. The fourth-order valence-electron chi connectivity index (χ4n) is 9.36. The summed E-state index contributed by atoms with van der Waals surface area (Å²) < 4.78 is 16.9. The van der Waals surface area contributed by atoms with Gasteiger partial charge in [-0.2, -0.15) is 0 Å². The second kappa shape index (κ2) is 62.6. The van der Waals surface area contributed by atoms with Crippen molar-refractivity contribution in [3.8, 4) is 0 Å². The zero-order valence-corrected chi connectivity index (χ0v) is 49.4. The van der Waals surface area contributed by atoms with E-state index in [4.69, 9.17) is 14.2 Å². The van der Waals surface area contributed by atoms with Gasteiger partial charge in [0.1, 0.15) is 13.2 Å². The molecule has 0 fully saturated rings. The fourth-order valence-corrected chi connectivity index (χ4v) is 9.36. The van der Waals surface area contributed by atoms with Gasteiger partial charge in [-0.15, -0.1) is 0 Å².